The molecule has 2 aromatic carbocycles. The Morgan fingerprint density at radius 1 is 1.05 bits per heavy atom. The van der Waals surface area contributed by atoms with Crippen LogP contribution < -0.4 is 29.0 Å². The van der Waals surface area contributed by atoms with Crippen LogP contribution in [-0.4, -0.2) is 42.4 Å². The average Bonchev–Trinajstić information content (AvgIpc) is 3.50. The molecule has 0 aromatic heterocycles. The molecule has 39 heavy (non-hydrogen) atoms. The summed E-state index contributed by atoms with van der Waals surface area (Å²) in [6.45, 7) is 1.39. The van der Waals surface area contributed by atoms with Crippen molar-refractivity contribution in [1.82, 2.24) is 5.32 Å². The van der Waals surface area contributed by atoms with Gasteiger partial charge in [0, 0.05) is 29.7 Å². The fourth-order valence-electron chi connectivity index (χ4n) is 5.26. The highest BCUT2D eigenvalue weighted by molar-refractivity contribution is 5.90. The van der Waals surface area contributed by atoms with Crippen LogP contribution in [0.15, 0.2) is 30.3 Å². The number of carbonyl (C=O) groups excluding carboxylic acids is 1. The van der Waals surface area contributed by atoms with Crippen molar-refractivity contribution < 1.29 is 60.3 Å². The highest BCUT2D eigenvalue weighted by atomic mass is 19.4. The molecule has 2 N–H and O–H groups in total. The van der Waals surface area contributed by atoms with E-state index in [2.05, 4.69) is 19.5 Å². The molecule has 1 fully saturated rings. The maximum absolute atomic E-state index is 13.7. The zero-order valence-electron chi connectivity index (χ0n) is 20.1. The molecule has 0 unspecified atom stereocenters. The van der Waals surface area contributed by atoms with Gasteiger partial charge in [0.15, 0.2) is 11.5 Å². The zero-order valence-corrected chi connectivity index (χ0v) is 20.1. The van der Waals surface area contributed by atoms with Gasteiger partial charge in [0.25, 0.3) is 0 Å². The van der Waals surface area contributed by atoms with Crippen molar-refractivity contribution in [3.8, 4) is 28.7 Å². The Bertz CT molecular complexity index is 1390. The molecule has 14 heteroatoms. The van der Waals surface area contributed by atoms with Crippen LogP contribution in [0.2, 0.25) is 0 Å². The van der Waals surface area contributed by atoms with Crippen LogP contribution in [-0.2, 0) is 15.0 Å². The minimum atomic E-state index is -4.96. The molecule has 3 atom stereocenters. The molecule has 0 radical (unpaired) electrons. The topological polar surface area (TPSA) is 113 Å². The average molecular weight is 557 g/mol. The minimum absolute atomic E-state index is 0.0294. The summed E-state index contributed by atoms with van der Waals surface area (Å²) in [7, 11) is 0. The van der Waals surface area contributed by atoms with Crippen LogP contribution in [0.4, 0.5) is 22.0 Å². The molecule has 0 bridgehead atoms. The summed E-state index contributed by atoms with van der Waals surface area (Å²) in [5.41, 5.74) is -2.02. The van der Waals surface area contributed by atoms with Gasteiger partial charge in [0.05, 0.1) is 6.04 Å². The molecule has 1 saturated carbocycles. The Labute approximate surface area is 216 Å². The van der Waals surface area contributed by atoms with Crippen molar-refractivity contribution in [2.24, 2.45) is 5.41 Å². The van der Waals surface area contributed by atoms with Crippen LogP contribution in [0.5, 0.6) is 28.7 Å². The summed E-state index contributed by atoms with van der Waals surface area (Å²) in [6, 6.07) is 4.97. The van der Waals surface area contributed by atoms with Gasteiger partial charge in [0.1, 0.15) is 40.8 Å². The number of benzene rings is 2. The van der Waals surface area contributed by atoms with Crippen LogP contribution in [0, 0.1) is 5.41 Å². The normalized spacial score (nSPS) is 26.9. The Hall–Kier alpha value is -3.97. The van der Waals surface area contributed by atoms with E-state index < -0.39 is 53.3 Å². The molecule has 2 aromatic rings. The van der Waals surface area contributed by atoms with Gasteiger partial charge in [-0.15, -0.1) is 22.0 Å². The number of carboxylic acid groups (broad SMARTS) is 1. The lowest BCUT2D eigenvalue weighted by Crippen LogP contribution is -2.48. The molecule has 0 spiro atoms. The SMILES string of the molecule is C[C@]1(C(=O)N[C@@H]2C[C@H](C3(C(=O)O)CC3)Oc3cc(OC(F)(F)F)ccc32)COc2cc3c(cc21)OC(F)(F)O3. The first-order chi connectivity index (χ1) is 18.2. The highest BCUT2D eigenvalue weighted by Crippen LogP contribution is 2.55. The summed E-state index contributed by atoms with van der Waals surface area (Å²) in [5.74, 6) is -2.68. The molecule has 0 saturated heterocycles. The second-order valence-electron chi connectivity index (χ2n) is 10.2. The first-order valence-electron chi connectivity index (χ1n) is 11.9. The van der Waals surface area contributed by atoms with E-state index in [0.717, 1.165) is 12.1 Å². The second-order valence-corrected chi connectivity index (χ2v) is 10.2. The van der Waals surface area contributed by atoms with Crippen LogP contribution >= 0.6 is 0 Å². The second kappa shape index (κ2) is 8.02. The number of hydrogen-bond acceptors (Lipinski definition) is 7. The third-order valence-electron chi connectivity index (χ3n) is 7.56. The van der Waals surface area contributed by atoms with E-state index in [0.29, 0.717) is 18.4 Å². The fourth-order valence-corrected chi connectivity index (χ4v) is 5.26. The highest BCUT2D eigenvalue weighted by Gasteiger charge is 2.59. The van der Waals surface area contributed by atoms with Crippen molar-refractivity contribution in [1.29, 1.82) is 0 Å². The van der Waals surface area contributed by atoms with Gasteiger partial charge >= 0.3 is 18.6 Å². The molecule has 1 aliphatic carbocycles. The smallest absolute Gasteiger partial charge is 0.492 e. The number of fused-ring (bicyclic) bond motifs is 3. The summed E-state index contributed by atoms with van der Waals surface area (Å²) in [6.07, 6.45) is -9.13. The molecular formula is C25H20F5NO8. The van der Waals surface area contributed by atoms with Crippen molar-refractivity contribution >= 4 is 11.9 Å². The number of alkyl halides is 5. The Morgan fingerprint density at radius 2 is 1.74 bits per heavy atom. The molecule has 4 aliphatic rings. The molecule has 3 heterocycles. The van der Waals surface area contributed by atoms with Crippen LogP contribution in [0.3, 0.4) is 0 Å². The maximum Gasteiger partial charge on any atom is 0.586 e. The predicted octanol–water partition coefficient (Wildman–Crippen LogP) is 4.43. The number of amides is 1. The minimum Gasteiger partial charge on any atom is -0.492 e. The lowest BCUT2D eigenvalue weighted by molar-refractivity contribution is -0.286. The Kier molecular flexibility index (Phi) is 5.21. The number of carboxylic acids is 1. The standard InChI is InChI=1S/C25H20F5NO8/c1-22(10-35-16-9-18-17(7-13(16)22)38-25(29,30)39-18)20(32)31-14-8-19(23(4-5-23)21(33)34)36-15-6-11(2-3-12(14)15)37-24(26,27)28/h2-3,6-7,9,14,19H,4-5,8,10H2,1H3,(H,31,32)(H,33,34)/t14-,19-,22+/m1/s1. The Balaban J connectivity index is 1.31. The largest absolute Gasteiger partial charge is 0.586 e. The van der Waals surface area contributed by atoms with E-state index >= 15 is 0 Å². The first-order valence-corrected chi connectivity index (χ1v) is 11.9. The van der Waals surface area contributed by atoms with Crippen molar-refractivity contribution in [2.75, 3.05) is 6.61 Å². The van der Waals surface area contributed by atoms with Crippen molar-refractivity contribution in [2.45, 2.75) is 56.4 Å². The fraction of sp³-hybridized carbons (Fsp3) is 0.440. The summed E-state index contributed by atoms with van der Waals surface area (Å²) in [4.78, 5) is 25.6. The number of hydrogen-bond donors (Lipinski definition) is 2. The van der Waals surface area contributed by atoms with Gasteiger partial charge in [-0.1, -0.05) is 0 Å². The third kappa shape index (κ3) is 4.21. The number of nitrogens with one attached hydrogen (secondary N) is 1. The third-order valence-corrected chi connectivity index (χ3v) is 7.56. The lowest BCUT2D eigenvalue weighted by atomic mass is 9.82. The van der Waals surface area contributed by atoms with Crippen LogP contribution in [0.1, 0.15) is 43.4 Å². The number of ether oxygens (including phenoxy) is 5. The van der Waals surface area contributed by atoms with Crippen LogP contribution in [0.25, 0.3) is 0 Å². The molecule has 1 amide bonds. The number of carbonyl (C=O) groups is 2. The van der Waals surface area contributed by atoms with E-state index in [9.17, 15) is 36.6 Å². The quantitative estimate of drug-likeness (QED) is 0.520. The van der Waals surface area contributed by atoms with E-state index in [1.807, 2.05) is 0 Å². The lowest BCUT2D eigenvalue weighted by Gasteiger charge is -2.37. The number of halogens is 5. The zero-order chi connectivity index (χ0) is 28.0. The van der Waals surface area contributed by atoms with Gasteiger partial charge < -0.3 is 34.1 Å². The van der Waals surface area contributed by atoms with Gasteiger partial charge in [-0.2, -0.15) is 0 Å². The maximum atomic E-state index is 13.7. The van der Waals surface area contributed by atoms with E-state index in [4.69, 9.17) is 9.47 Å². The number of rotatable bonds is 5. The number of aliphatic carboxylic acids is 1. The molecule has 208 valence electrons. The monoisotopic (exact) mass is 557 g/mol. The van der Waals surface area contributed by atoms with Gasteiger partial charge in [-0.05, 0) is 38.0 Å². The summed E-state index contributed by atoms with van der Waals surface area (Å²) < 4.78 is 89.9. The summed E-state index contributed by atoms with van der Waals surface area (Å²) >= 11 is 0. The Morgan fingerprint density at radius 3 is 2.38 bits per heavy atom. The van der Waals surface area contributed by atoms with E-state index in [1.54, 1.807) is 0 Å². The van der Waals surface area contributed by atoms with Gasteiger partial charge in [-0.25, -0.2) is 0 Å². The van der Waals surface area contributed by atoms with Gasteiger partial charge in [0.2, 0.25) is 5.91 Å². The molecular weight excluding hydrogens is 537 g/mol. The summed E-state index contributed by atoms with van der Waals surface area (Å²) in [5, 5.41) is 12.6. The van der Waals surface area contributed by atoms with E-state index in [1.165, 1.54) is 25.1 Å². The molecule has 9 nitrogen and oxygen atoms in total. The van der Waals surface area contributed by atoms with Crippen molar-refractivity contribution in [3.63, 3.8) is 0 Å². The van der Waals surface area contributed by atoms with Gasteiger partial charge in [-0.3, -0.25) is 9.59 Å². The molecule has 6 rings (SSSR count). The molecule has 3 aliphatic heterocycles. The van der Waals surface area contributed by atoms with Crippen molar-refractivity contribution in [3.05, 3.63) is 41.5 Å². The van der Waals surface area contributed by atoms with E-state index in [-0.39, 0.29) is 41.6 Å². The predicted molar refractivity (Wildman–Crippen MR) is 118 cm³/mol. The first kappa shape index (κ1) is 25.3.